The summed E-state index contributed by atoms with van der Waals surface area (Å²) in [5, 5.41) is 8.29. The second-order valence-electron chi connectivity index (χ2n) is 6.37. The number of anilines is 1. The van der Waals surface area contributed by atoms with Gasteiger partial charge >= 0.3 is 0 Å². The topological polar surface area (TPSA) is 49.3 Å². The molecule has 1 aromatic carbocycles. The summed E-state index contributed by atoms with van der Waals surface area (Å²) in [5.41, 5.74) is 2.39. The molecule has 0 atom stereocenters. The van der Waals surface area contributed by atoms with Gasteiger partial charge in [0.25, 0.3) is 5.91 Å². The van der Waals surface area contributed by atoms with Gasteiger partial charge in [-0.15, -0.1) is 5.10 Å². The Labute approximate surface area is 140 Å². The monoisotopic (exact) mass is 326 g/mol. The molecule has 1 saturated carbocycles. The van der Waals surface area contributed by atoms with Crippen molar-refractivity contribution in [1.82, 2.24) is 15.1 Å². The van der Waals surface area contributed by atoms with Crippen LogP contribution in [0.4, 0.5) is 10.1 Å². The van der Waals surface area contributed by atoms with E-state index < -0.39 is 0 Å². The summed E-state index contributed by atoms with van der Waals surface area (Å²) in [6.07, 6.45) is 2.35. The van der Waals surface area contributed by atoms with Crippen LogP contribution in [0.1, 0.15) is 34.9 Å². The molecular formula is C18H19FN4O. The van der Waals surface area contributed by atoms with Crippen molar-refractivity contribution in [2.24, 2.45) is 0 Å². The minimum Gasteiger partial charge on any atom is -0.368 e. The highest BCUT2D eigenvalue weighted by Crippen LogP contribution is 2.38. The number of halogens is 1. The molecule has 2 heterocycles. The fourth-order valence-electron chi connectivity index (χ4n) is 3.04. The van der Waals surface area contributed by atoms with E-state index in [1.54, 1.807) is 23.1 Å². The summed E-state index contributed by atoms with van der Waals surface area (Å²) < 4.78 is 13.0. The molecule has 1 amide bonds. The second kappa shape index (κ2) is 6.19. The van der Waals surface area contributed by atoms with E-state index in [-0.39, 0.29) is 11.7 Å². The van der Waals surface area contributed by atoms with Gasteiger partial charge in [-0.05, 0) is 49.2 Å². The first-order valence-electron chi connectivity index (χ1n) is 8.34. The van der Waals surface area contributed by atoms with Crippen molar-refractivity contribution in [2.75, 3.05) is 31.1 Å². The molecule has 0 spiro atoms. The molecule has 2 fully saturated rings. The molecule has 5 nitrogen and oxygen atoms in total. The lowest BCUT2D eigenvalue weighted by molar-refractivity contribution is 0.0739. The first-order chi connectivity index (χ1) is 11.7. The molecule has 0 N–H and O–H groups in total. The Bertz CT molecular complexity index is 720. The second-order valence-corrected chi connectivity index (χ2v) is 6.37. The van der Waals surface area contributed by atoms with Gasteiger partial charge in [0, 0.05) is 37.8 Å². The lowest BCUT2D eigenvalue weighted by Gasteiger charge is -2.35. The Balaban J connectivity index is 1.37. The minimum absolute atomic E-state index is 0.0661. The smallest absolute Gasteiger partial charge is 0.274 e. The van der Waals surface area contributed by atoms with E-state index in [0.29, 0.717) is 24.7 Å². The lowest BCUT2D eigenvalue weighted by Crippen LogP contribution is -2.49. The Hall–Kier alpha value is -2.50. The third-order valence-electron chi connectivity index (χ3n) is 4.66. The fourth-order valence-corrected chi connectivity index (χ4v) is 3.04. The molecule has 124 valence electrons. The van der Waals surface area contributed by atoms with Crippen LogP contribution in [0.5, 0.6) is 0 Å². The highest BCUT2D eigenvalue weighted by Gasteiger charge is 2.27. The molecule has 1 aliphatic carbocycles. The molecule has 24 heavy (non-hydrogen) atoms. The van der Waals surface area contributed by atoms with Gasteiger partial charge in [0.05, 0.1) is 5.69 Å². The van der Waals surface area contributed by atoms with Crippen LogP contribution in [0.2, 0.25) is 0 Å². The largest absolute Gasteiger partial charge is 0.368 e. The predicted octanol–water partition coefficient (Wildman–Crippen LogP) is 2.46. The van der Waals surface area contributed by atoms with Gasteiger partial charge in [-0.25, -0.2) is 4.39 Å². The van der Waals surface area contributed by atoms with Gasteiger partial charge in [0.1, 0.15) is 5.82 Å². The number of hydrogen-bond acceptors (Lipinski definition) is 4. The maximum absolute atomic E-state index is 13.0. The molecule has 6 heteroatoms. The molecule has 0 unspecified atom stereocenters. The van der Waals surface area contributed by atoms with Crippen molar-refractivity contribution in [1.29, 1.82) is 0 Å². The van der Waals surface area contributed by atoms with Gasteiger partial charge < -0.3 is 9.80 Å². The number of benzene rings is 1. The van der Waals surface area contributed by atoms with Gasteiger partial charge in [-0.3, -0.25) is 4.79 Å². The van der Waals surface area contributed by atoms with Gasteiger partial charge in [0.15, 0.2) is 5.69 Å². The molecule has 2 aromatic rings. The van der Waals surface area contributed by atoms with Crippen molar-refractivity contribution in [3.63, 3.8) is 0 Å². The van der Waals surface area contributed by atoms with Crippen LogP contribution in [-0.2, 0) is 0 Å². The maximum Gasteiger partial charge on any atom is 0.274 e. The SMILES string of the molecule is O=C(c1ccc(C2CC2)nn1)N1CCN(c2ccc(F)cc2)CC1. The molecule has 0 radical (unpaired) electrons. The van der Waals surface area contributed by atoms with Crippen LogP contribution in [0.15, 0.2) is 36.4 Å². The number of carbonyl (C=O) groups excluding carboxylic acids is 1. The van der Waals surface area contributed by atoms with E-state index in [4.69, 9.17) is 0 Å². The molecule has 1 aromatic heterocycles. The first-order valence-corrected chi connectivity index (χ1v) is 8.34. The minimum atomic E-state index is -0.235. The number of nitrogens with zero attached hydrogens (tertiary/aromatic N) is 4. The van der Waals surface area contributed by atoms with Crippen LogP contribution in [0.25, 0.3) is 0 Å². The van der Waals surface area contributed by atoms with Crippen molar-refractivity contribution >= 4 is 11.6 Å². The average Bonchev–Trinajstić information content (AvgIpc) is 3.47. The van der Waals surface area contributed by atoms with Crippen molar-refractivity contribution in [2.45, 2.75) is 18.8 Å². The molecule has 1 aliphatic heterocycles. The number of aromatic nitrogens is 2. The zero-order valence-electron chi connectivity index (χ0n) is 13.4. The predicted molar refractivity (Wildman–Crippen MR) is 88.5 cm³/mol. The van der Waals surface area contributed by atoms with Crippen LogP contribution in [0.3, 0.4) is 0 Å². The van der Waals surface area contributed by atoms with Crippen LogP contribution in [-0.4, -0.2) is 47.2 Å². The summed E-state index contributed by atoms with van der Waals surface area (Å²) in [7, 11) is 0. The van der Waals surface area contributed by atoms with Crippen LogP contribution >= 0.6 is 0 Å². The standard InChI is InChI=1S/C18H19FN4O/c19-14-3-5-15(6-4-14)22-9-11-23(12-10-22)18(24)17-8-7-16(20-21-17)13-1-2-13/h3-8,13H,1-2,9-12H2. The van der Waals surface area contributed by atoms with Crippen molar-refractivity contribution in [3.8, 4) is 0 Å². The normalized spacial score (nSPS) is 17.9. The van der Waals surface area contributed by atoms with E-state index >= 15 is 0 Å². The Kier molecular flexibility index (Phi) is 3.88. The van der Waals surface area contributed by atoms with Crippen molar-refractivity contribution in [3.05, 3.63) is 53.6 Å². The van der Waals surface area contributed by atoms with E-state index in [9.17, 15) is 9.18 Å². The van der Waals surface area contributed by atoms with Crippen LogP contribution < -0.4 is 4.90 Å². The molecule has 1 saturated heterocycles. The third kappa shape index (κ3) is 3.09. The van der Waals surface area contributed by atoms with Crippen molar-refractivity contribution < 1.29 is 9.18 Å². The zero-order valence-corrected chi connectivity index (χ0v) is 13.4. The number of amides is 1. The Morgan fingerprint density at radius 1 is 0.958 bits per heavy atom. The number of rotatable bonds is 3. The number of carbonyl (C=O) groups is 1. The highest BCUT2D eigenvalue weighted by atomic mass is 19.1. The summed E-state index contributed by atoms with van der Waals surface area (Å²) >= 11 is 0. The summed E-state index contributed by atoms with van der Waals surface area (Å²) in [6, 6.07) is 10.2. The molecule has 0 bridgehead atoms. The maximum atomic E-state index is 13.0. The zero-order chi connectivity index (χ0) is 16.5. The summed E-state index contributed by atoms with van der Waals surface area (Å²) in [4.78, 5) is 16.5. The number of piperazine rings is 1. The Morgan fingerprint density at radius 3 is 2.25 bits per heavy atom. The average molecular weight is 326 g/mol. The first kappa shape index (κ1) is 15.1. The van der Waals surface area contributed by atoms with Gasteiger partial charge in [-0.2, -0.15) is 5.10 Å². The van der Waals surface area contributed by atoms with Crippen LogP contribution in [0, 0.1) is 5.82 Å². The van der Waals surface area contributed by atoms with Gasteiger partial charge in [-0.1, -0.05) is 0 Å². The fraction of sp³-hybridized carbons (Fsp3) is 0.389. The lowest BCUT2D eigenvalue weighted by atomic mass is 10.2. The quantitative estimate of drug-likeness (QED) is 0.869. The molecule has 2 aliphatic rings. The van der Waals surface area contributed by atoms with Gasteiger partial charge in [0.2, 0.25) is 0 Å². The van der Waals surface area contributed by atoms with E-state index in [0.717, 1.165) is 24.5 Å². The highest BCUT2D eigenvalue weighted by molar-refractivity contribution is 5.92. The van der Waals surface area contributed by atoms with E-state index in [1.165, 1.54) is 25.0 Å². The molecular weight excluding hydrogens is 307 g/mol. The van der Waals surface area contributed by atoms with E-state index in [2.05, 4.69) is 15.1 Å². The number of hydrogen-bond donors (Lipinski definition) is 0. The van der Waals surface area contributed by atoms with E-state index in [1.807, 2.05) is 6.07 Å². The summed E-state index contributed by atoms with van der Waals surface area (Å²) in [6.45, 7) is 2.71. The third-order valence-corrected chi connectivity index (χ3v) is 4.66. The Morgan fingerprint density at radius 2 is 1.67 bits per heavy atom. The molecule has 4 rings (SSSR count). The summed E-state index contributed by atoms with van der Waals surface area (Å²) in [5.74, 6) is 0.241.